The van der Waals surface area contributed by atoms with Crippen molar-refractivity contribution in [3.63, 3.8) is 0 Å². The number of pyridine rings is 1. The van der Waals surface area contributed by atoms with E-state index in [0.29, 0.717) is 11.8 Å². The number of likely N-dealkylation sites (tertiary alicyclic amines) is 1. The molecule has 6 nitrogen and oxygen atoms in total. The van der Waals surface area contributed by atoms with Gasteiger partial charge in [0.2, 0.25) is 0 Å². The van der Waals surface area contributed by atoms with Crippen molar-refractivity contribution in [3.05, 3.63) is 30.1 Å². The lowest BCUT2D eigenvalue weighted by Gasteiger charge is -2.24. The van der Waals surface area contributed by atoms with Gasteiger partial charge in [-0.3, -0.25) is 4.98 Å². The molecule has 24 heavy (non-hydrogen) atoms. The average molecular weight is 355 g/mol. The lowest BCUT2D eigenvalue weighted by atomic mass is 9.92. The molecular weight excluding hydrogens is 324 g/mol. The number of hydrogen-bond donors (Lipinski definition) is 1. The zero-order valence-corrected chi connectivity index (χ0v) is 16.0. The molecule has 7 heteroatoms. The van der Waals surface area contributed by atoms with Gasteiger partial charge in [-0.15, -0.1) is 0 Å². The lowest BCUT2D eigenvalue weighted by Crippen LogP contribution is -2.46. The third kappa shape index (κ3) is 5.24. The molecule has 1 saturated heterocycles. The van der Waals surface area contributed by atoms with Gasteiger partial charge in [0.15, 0.2) is 0 Å². The minimum Gasteiger partial charge on any atom is -0.301 e. The van der Waals surface area contributed by atoms with E-state index in [1.165, 1.54) is 9.87 Å². The van der Waals surface area contributed by atoms with E-state index in [-0.39, 0.29) is 6.04 Å². The number of aryl methyl sites for hydroxylation is 1. The van der Waals surface area contributed by atoms with Crippen LogP contribution in [0.25, 0.3) is 0 Å². The van der Waals surface area contributed by atoms with Crippen LogP contribution in [-0.2, 0) is 16.6 Å². The van der Waals surface area contributed by atoms with Crippen LogP contribution in [-0.4, -0.2) is 62.4 Å². The van der Waals surface area contributed by atoms with Gasteiger partial charge in [-0.2, -0.15) is 17.4 Å². The van der Waals surface area contributed by atoms with E-state index < -0.39 is 10.2 Å². The summed E-state index contributed by atoms with van der Waals surface area (Å²) >= 11 is 0. The molecule has 1 N–H and O–H groups in total. The SMILES string of the molecule is CC(C)[C@@H]1CN(CCCc2cccnc2)C[C@H]1NS(=O)(=O)N(C)C. The van der Waals surface area contributed by atoms with E-state index in [2.05, 4.69) is 34.5 Å². The van der Waals surface area contributed by atoms with Crippen LogP contribution in [0, 0.1) is 11.8 Å². The van der Waals surface area contributed by atoms with Gasteiger partial charge in [0, 0.05) is 45.6 Å². The zero-order chi connectivity index (χ0) is 17.7. The van der Waals surface area contributed by atoms with Gasteiger partial charge in [0.05, 0.1) is 0 Å². The van der Waals surface area contributed by atoms with Crippen molar-refractivity contribution in [3.8, 4) is 0 Å². The molecule has 1 fully saturated rings. The summed E-state index contributed by atoms with van der Waals surface area (Å²) in [6.45, 7) is 7.05. The van der Waals surface area contributed by atoms with E-state index in [0.717, 1.165) is 32.5 Å². The molecule has 0 unspecified atom stereocenters. The summed E-state index contributed by atoms with van der Waals surface area (Å²) in [6, 6.07) is 4.05. The highest BCUT2D eigenvalue weighted by atomic mass is 32.2. The summed E-state index contributed by atoms with van der Waals surface area (Å²) in [6.07, 6.45) is 5.77. The molecule has 0 amide bonds. The van der Waals surface area contributed by atoms with Gasteiger partial charge in [-0.05, 0) is 42.9 Å². The average Bonchev–Trinajstić information content (AvgIpc) is 2.90. The van der Waals surface area contributed by atoms with Crippen LogP contribution in [0.5, 0.6) is 0 Å². The fraction of sp³-hybridized carbons (Fsp3) is 0.706. The lowest BCUT2D eigenvalue weighted by molar-refractivity contribution is 0.299. The predicted molar refractivity (Wildman–Crippen MR) is 96.9 cm³/mol. The van der Waals surface area contributed by atoms with Gasteiger partial charge in [-0.1, -0.05) is 19.9 Å². The van der Waals surface area contributed by atoms with Gasteiger partial charge >= 0.3 is 0 Å². The van der Waals surface area contributed by atoms with E-state index in [1.807, 2.05) is 12.3 Å². The largest absolute Gasteiger partial charge is 0.301 e. The minimum absolute atomic E-state index is 0.0178. The second kappa shape index (κ2) is 8.38. The highest BCUT2D eigenvalue weighted by molar-refractivity contribution is 7.87. The highest BCUT2D eigenvalue weighted by Gasteiger charge is 2.37. The molecule has 2 rings (SSSR count). The molecule has 2 atom stereocenters. The van der Waals surface area contributed by atoms with Crippen molar-refractivity contribution in [2.75, 3.05) is 33.7 Å². The first-order valence-electron chi connectivity index (χ1n) is 8.60. The Morgan fingerprint density at radius 1 is 1.38 bits per heavy atom. The zero-order valence-electron chi connectivity index (χ0n) is 15.1. The molecule has 0 radical (unpaired) electrons. The van der Waals surface area contributed by atoms with Gasteiger partial charge in [-0.25, -0.2) is 0 Å². The molecule has 1 aromatic heterocycles. The Labute approximate surface area is 146 Å². The van der Waals surface area contributed by atoms with E-state index in [1.54, 1.807) is 20.3 Å². The quantitative estimate of drug-likeness (QED) is 0.766. The molecule has 0 saturated carbocycles. The normalized spacial score (nSPS) is 22.6. The monoisotopic (exact) mass is 354 g/mol. The van der Waals surface area contributed by atoms with Crippen molar-refractivity contribution in [2.24, 2.45) is 11.8 Å². The molecule has 1 aromatic rings. The van der Waals surface area contributed by atoms with Crippen molar-refractivity contribution in [1.29, 1.82) is 0 Å². The van der Waals surface area contributed by atoms with Crippen LogP contribution in [0.3, 0.4) is 0 Å². The van der Waals surface area contributed by atoms with Crippen LogP contribution < -0.4 is 4.72 Å². The Balaban J connectivity index is 1.89. The van der Waals surface area contributed by atoms with Crippen LogP contribution in [0.15, 0.2) is 24.5 Å². The fourth-order valence-corrected chi connectivity index (χ4v) is 4.09. The predicted octanol–water partition coefficient (Wildman–Crippen LogP) is 1.37. The van der Waals surface area contributed by atoms with Gasteiger partial charge < -0.3 is 4.90 Å². The molecule has 1 aliphatic heterocycles. The maximum Gasteiger partial charge on any atom is 0.279 e. The van der Waals surface area contributed by atoms with Crippen LogP contribution in [0.2, 0.25) is 0 Å². The molecule has 136 valence electrons. The van der Waals surface area contributed by atoms with Crippen molar-refractivity contribution < 1.29 is 8.42 Å². The van der Waals surface area contributed by atoms with Crippen molar-refractivity contribution >= 4 is 10.2 Å². The summed E-state index contributed by atoms with van der Waals surface area (Å²) < 4.78 is 28.4. The Bertz CT molecular complexity index is 604. The number of nitrogens with one attached hydrogen (secondary N) is 1. The summed E-state index contributed by atoms with van der Waals surface area (Å²) in [5.74, 6) is 0.793. The van der Waals surface area contributed by atoms with E-state index in [4.69, 9.17) is 0 Å². The summed E-state index contributed by atoms with van der Waals surface area (Å²) in [7, 11) is -0.261. The third-order valence-electron chi connectivity index (χ3n) is 4.74. The summed E-state index contributed by atoms with van der Waals surface area (Å²) in [5, 5.41) is 0. The second-order valence-corrected chi connectivity index (χ2v) is 9.06. The van der Waals surface area contributed by atoms with Crippen LogP contribution in [0.4, 0.5) is 0 Å². The fourth-order valence-electron chi connectivity index (χ4n) is 3.25. The highest BCUT2D eigenvalue weighted by Crippen LogP contribution is 2.25. The molecule has 0 aromatic carbocycles. The summed E-state index contributed by atoms with van der Waals surface area (Å²) in [4.78, 5) is 6.52. The van der Waals surface area contributed by atoms with Gasteiger partial charge in [0.1, 0.15) is 0 Å². The first-order chi connectivity index (χ1) is 11.3. The first kappa shape index (κ1) is 19.3. The standard InChI is InChI=1S/C17H30N4O2S/c1-14(2)16-12-21(10-6-8-15-7-5-9-18-11-15)13-17(16)19-24(22,23)20(3)4/h5,7,9,11,14,16-17,19H,6,8,10,12-13H2,1-4H3/t16-,17+/m0/s1. The summed E-state index contributed by atoms with van der Waals surface area (Å²) in [5.41, 5.74) is 1.25. The van der Waals surface area contributed by atoms with E-state index in [9.17, 15) is 8.42 Å². The number of aromatic nitrogens is 1. The van der Waals surface area contributed by atoms with Crippen LogP contribution in [0.1, 0.15) is 25.8 Å². The molecule has 2 heterocycles. The maximum absolute atomic E-state index is 12.1. The molecule has 0 spiro atoms. The Hall–Kier alpha value is -1.02. The number of rotatable bonds is 8. The third-order valence-corrected chi connectivity index (χ3v) is 6.30. The Morgan fingerprint density at radius 2 is 2.12 bits per heavy atom. The molecule has 0 bridgehead atoms. The first-order valence-corrected chi connectivity index (χ1v) is 10.0. The van der Waals surface area contributed by atoms with Gasteiger partial charge in [0.25, 0.3) is 10.2 Å². The Morgan fingerprint density at radius 3 is 2.71 bits per heavy atom. The molecule has 1 aliphatic rings. The second-order valence-electron chi connectivity index (χ2n) is 7.14. The number of nitrogens with zero attached hydrogens (tertiary/aromatic N) is 3. The maximum atomic E-state index is 12.1. The van der Waals surface area contributed by atoms with Crippen LogP contribution >= 0.6 is 0 Å². The minimum atomic E-state index is -3.39. The number of hydrogen-bond acceptors (Lipinski definition) is 4. The van der Waals surface area contributed by atoms with Crippen molar-refractivity contribution in [2.45, 2.75) is 32.7 Å². The molecular formula is C17H30N4O2S. The Kier molecular flexibility index (Phi) is 6.74. The van der Waals surface area contributed by atoms with Crippen molar-refractivity contribution in [1.82, 2.24) is 18.9 Å². The molecule has 0 aliphatic carbocycles. The van der Waals surface area contributed by atoms with E-state index >= 15 is 0 Å². The smallest absolute Gasteiger partial charge is 0.279 e. The topological polar surface area (TPSA) is 65.5 Å².